The van der Waals surface area contributed by atoms with E-state index in [1.165, 1.54) is 11.8 Å². The average Bonchev–Trinajstić information content (AvgIpc) is 2.82. The van der Waals surface area contributed by atoms with Crippen LogP contribution in [0.2, 0.25) is 0 Å². The molecule has 31 heavy (non-hydrogen) atoms. The number of methoxy groups -OCH3 is 1. The summed E-state index contributed by atoms with van der Waals surface area (Å²) in [6.07, 6.45) is 0.642. The lowest BCUT2D eigenvalue weighted by Crippen LogP contribution is -2.52. The molecule has 166 valence electrons. The van der Waals surface area contributed by atoms with Gasteiger partial charge in [0.15, 0.2) is 12.8 Å². The molecule has 8 heteroatoms. The van der Waals surface area contributed by atoms with E-state index in [0.717, 1.165) is 54.8 Å². The molecule has 0 saturated carbocycles. The highest BCUT2D eigenvalue weighted by molar-refractivity contribution is 5.80. The lowest BCUT2D eigenvalue weighted by atomic mass is 10.1. The number of nitrogens with one attached hydrogen (secondary N) is 1. The van der Waals surface area contributed by atoms with Crippen molar-refractivity contribution < 1.29 is 18.6 Å². The maximum Gasteiger partial charge on any atom is 0.193 e. The zero-order valence-corrected chi connectivity index (χ0v) is 18.1. The van der Waals surface area contributed by atoms with Gasteiger partial charge in [-0.25, -0.2) is 4.39 Å². The predicted octanol–water partition coefficient (Wildman–Crippen LogP) is 2.64. The molecule has 1 N–H and O–H groups in total. The van der Waals surface area contributed by atoms with Crippen LogP contribution in [0.5, 0.6) is 11.5 Å². The van der Waals surface area contributed by atoms with E-state index in [9.17, 15) is 4.39 Å². The largest absolute Gasteiger partial charge is 0.497 e. The van der Waals surface area contributed by atoms with Crippen LogP contribution in [0.3, 0.4) is 0 Å². The van der Waals surface area contributed by atoms with Crippen LogP contribution in [0, 0.1) is 5.82 Å². The zero-order valence-electron chi connectivity index (χ0n) is 18.1. The van der Waals surface area contributed by atoms with E-state index in [-0.39, 0.29) is 12.6 Å². The smallest absolute Gasteiger partial charge is 0.193 e. The van der Waals surface area contributed by atoms with Gasteiger partial charge in [0.2, 0.25) is 0 Å². The molecule has 0 unspecified atom stereocenters. The molecule has 0 spiro atoms. The fraction of sp³-hybridized carbons (Fsp3) is 0.435. The van der Waals surface area contributed by atoms with Gasteiger partial charge in [-0.3, -0.25) is 4.99 Å². The maximum atomic E-state index is 13.9. The molecule has 0 aromatic heterocycles. The van der Waals surface area contributed by atoms with Crippen molar-refractivity contribution in [1.82, 2.24) is 10.2 Å². The Balaban J connectivity index is 1.31. The monoisotopic (exact) mass is 428 g/mol. The average molecular weight is 429 g/mol. The van der Waals surface area contributed by atoms with E-state index in [2.05, 4.69) is 32.2 Å². The molecule has 2 aromatic carbocycles. The van der Waals surface area contributed by atoms with Crippen LogP contribution in [0.1, 0.15) is 11.1 Å². The van der Waals surface area contributed by atoms with Gasteiger partial charge in [-0.15, -0.1) is 0 Å². The first kappa shape index (κ1) is 21.2. The van der Waals surface area contributed by atoms with Crippen LogP contribution in [0.25, 0.3) is 0 Å². The maximum absolute atomic E-state index is 13.9. The third-order valence-corrected chi connectivity index (χ3v) is 5.64. The van der Waals surface area contributed by atoms with Crippen molar-refractivity contribution in [3.05, 3.63) is 53.3 Å². The summed E-state index contributed by atoms with van der Waals surface area (Å²) in [5, 5.41) is 3.41. The van der Waals surface area contributed by atoms with Crippen molar-refractivity contribution in [3.8, 4) is 11.5 Å². The number of hydrogen-bond donors (Lipinski definition) is 1. The molecule has 7 nitrogen and oxygen atoms in total. The molecular weight excluding hydrogens is 399 g/mol. The number of fused-ring (bicyclic) bond motifs is 1. The first-order valence-corrected chi connectivity index (χ1v) is 10.5. The van der Waals surface area contributed by atoms with Gasteiger partial charge in [0.1, 0.15) is 17.3 Å². The molecule has 2 aromatic rings. The van der Waals surface area contributed by atoms with Crippen LogP contribution in [-0.2, 0) is 17.8 Å². The number of halogens is 1. The first-order valence-electron chi connectivity index (χ1n) is 10.5. The molecule has 0 aliphatic carbocycles. The lowest BCUT2D eigenvalue weighted by molar-refractivity contribution is -0.0172. The summed E-state index contributed by atoms with van der Waals surface area (Å²) >= 11 is 0. The fourth-order valence-electron chi connectivity index (χ4n) is 4.07. The van der Waals surface area contributed by atoms with Crippen LogP contribution < -0.4 is 19.7 Å². The Hall–Kier alpha value is -3.00. The number of guanidine groups is 1. The SMILES string of the molecule is CN=C(NCCc1cc(F)cc2c1OCOC2)N1CCN(c2cccc(OC)c2)CC1. The first-order chi connectivity index (χ1) is 15.2. The summed E-state index contributed by atoms with van der Waals surface area (Å²) < 4.78 is 30.2. The van der Waals surface area contributed by atoms with E-state index in [0.29, 0.717) is 19.6 Å². The van der Waals surface area contributed by atoms with Crippen molar-refractivity contribution in [2.45, 2.75) is 13.0 Å². The minimum absolute atomic E-state index is 0.207. The number of rotatable bonds is 5. The van der Waals surface area contributed by atoms with Crippen molar-refractivity contribution in [1.29, 1.82) is 0 Å². The zero-order chi connectivity index (χ0) is 21.6. The van der Waals surface area contributed by atoms with Crippen molar-refractivity contribution in [3.63, 3.8) is 0 Å². The Morgan fingerprint density at radius 2 is 2.03 bits per heavy atom. The van der Waals surface area contributed by atoms with Crippen LogP contribution in [0.4, 0.5) is 10.1 Å². The number of nitrogens with zero attached hydrogens (tertiary/aromatic N) is 3. The van der Waals surface area contributed by atoms with E-state index in [1.54, 1.807) is 20.2 Å². The van der Waals surface area contributed by atoms with Crippen molar-refractivity contribution >= 4 is 11.6 Å². The molecule has 2 aliphatic heterocycles. The lowest BCUT2D eigenvalue weighted by Gasteiger charge is -2.37. The molecule has 4 rings (SSSR count). The summed E-state index contributed by atoms with van der Waals surface area (Å²) in [7, 11) is 3.48. The highest BCUT2D eigenvalue weighted by Crippen LogP contribution is 2.29. The summed E-state index contributed by atoms with van der Waals surface area (Å²) in [6, 6.07) is 11.2. The van der Waals surface area contributed by atoms with Gasteiger partial charge in [0, 0.05) is 57.1 Å². The highest BCUT2D eigenvalue weighted by Gasteiger charge is 2.21. The predicted molar refractivity (Wildman–Crippen MR) is 119 cm³/mol. The Labute approximate surface area is 182 Å². The molecular formula is C23H29FN4O3. The highest BCUT2D eigenvalue weighted by atomic mass is 19.1. The van der Waals surface area contributed by atoms with Gasteiger partial charge in [-0.2, -0.15) is 0 Å². The Morgan fingerprint density at radius 3 is 2.81 bits per heavy atom. The van der Waals surface area contributed by atoms with E-state index in [1.807, 2.05) is 12.1 Å². The summed E-state index contributed by atoms with van der Waals surface area (Å²) in [4.78, 5) is 9.04. The van der Waals surface area contributed by atoms with Gasteiger partial charge in [-0.05, 0) is 36.2 Å². The number of benzene rings is 2. The normalized spacial score (nSPS) is 16.5. The summed E-state index contributed by atoms with van der Waals surface area (Å²) in [6.45, 7) is 4.77. The van der Waals surface area contributed by atoms with E-state index >= 15 is 0 Å². The standard InChI is InChI=1S/C23H29FN4O3/c1-25-23(26-7-6-17-12-19(24)13-18-15-30-16-31-22(17)18)28-10-8-27(9-11-28)20-4-3-5-21(14-20)29-2/h3-5,12-14H,6-11,15-16H2,1-2H3,(H,25,26). The molecule has 2 aliphatic rings. The van der Waals surface area contributed by atoms with E-state index < -0.39 is 0 Å². The van der Waals surface area contributed by atoms with Gasteiger partial charge >= 0.3 is 0 Å². The summed E-state index contributed by atoms with van der Waals surface area (Å²) in [5.74, 6) is 2.21. The third kappa shape index (κ3) is 5.02. The Bertz CT molecular complexity index is 929. The minimum Gasteiger partial charge on any atom is -0.497 e. The number of anilines is 1. The molecule has 0 atom stereocenters. The topological polar surface area (TPSA) is 58.6 Å². The quantitative estimate of drug-likeness (QED) is 0.584. The second kappa shape index (κ2) is 9.87. The van der Waals surface area contributed by atoms with Gasteiger partial charge in [0.05, 0.1) is 13.7 Å². The van der Waals surface area contributed by atoms with Gasteiger partial charge in [0.25, 0.3) is 0 Å². The Kier molecular flexibility index (Phi) is 6.76. The van der Waals surface area contributed by atoms with Crippen LogP contribution in [0.15, 0.2) is 41.4 Å². The van der Waals surface area contributed by atoms with Gasteiger partial charge < -0.3 is 29.3 Å². The van der Waals surface area contributed by atoms with Crippen LogP contribution in [-0.4, -0.2) is 64.5 Å². The molecule has 1 fully saturated rings. The third-order valence-electron chi connectivity index (χ3n) is 5.64. The number of hydrogen-bond acceptors (Lipinski definition) is 5. The number of piperazine rings is 1. The molecule has 0 radical (unpaired) electrons. The molecule has 1 saturated heterocycles. The Morgan fingerprint density at radius 1 is 1.19 bits per heavy atom. The molecule has 0 bridgehead atoms. The van der Waals surface area contributed by atoms with Crippen molar-refractivity contribution in [2.75, 3.05) is 58.6 Å². The van der Waals surface area contributed by atoms with Crippen LogP contribution >= 0.6 is 0 Å². The second-order valence-electron chi connectivity index (χ2n) is 7.56. The van der Waals surface area contributed by atoms with E-state index in [4.69, 9.17) is 14.2 Å². The minimum atomic E-state index is -0.263. The van der Waals surface area contributed by atoms with Crippen molar-refractivity contribution in [2.24, 2.45) is 4.99 Å². The number of aliphatic imine (C=N–C) groups is 1. The fourth-order valence-corrected chi connectivity index (χ4v) is 4.07. The second-order valence-corrected chi connectivity index (χ2v) is 7.56. The summed E-state index contributed by atoms with van der Waals surface area (Å²) in [5.41, 5.74) is 2.78. The molecule has 2 heterocycles. The van der Waals surface area contributed by atoms with Gasteiger partial charge in [-0.1, -0.05) is 6.07 Å². The molecule has 0 amide bonds. The number of ether oxygens (including phenoxy) is 3.